The Morgan fingerprint density at radius 2 is 2.11 bits per heavy atom. The third kappa shape index (κ3) is 2.20. The Morgan fingerprint density at radius 3 is 2.61 bits per heavy atom. The third-order valence-electron chi connectivity index (χ3n) is 3.36. The van der Waals surface area contributed by atoms with Gasteiger partial charge in [0.15, 0.2) is 0 Å². The van der Waals surface area contributed by atoms with Gasteiger partial charge in [0.1, 0.15) is 5.82 Å². The summed E-state index contributed by atoms with van der Waals surface area (Å²) >= 11 is 0. The Labute approximate surface area is 104 Å². The number of aliphatic carboxylic acids is 1. The van der Waals surface area contributed by atoms with E-state index in [1.807, 2.05) is 0 Å². The molecule has 0 aliphatic carbocycles. The summed E-state index contributed by atoms with van der Waals surface area (Å²) < 4.78 is 13.2. The number of rotatable bonds is 3. The number of nitrogens with zero attached hydrogens (tertiary/aromatic N) is 1. The Bertz CT molecular complexity index is 495. The van der Waals surface area contributed by atoms with Crippen molar-refractivity contribution in [2.24, 2.45) is 0 Å². The maximum Gasteiger partial charge on any atom is 0.304 e. The lowest BCUT2D eigenvalue weighted by atomic mass is 9.71. The maximum atomic E-state index is 13.2. The Morgan fingerprint density at radius 1 is 1.44 bits per heavy atom. The average molecular weight is 251 g/mol. The average Bonchev–Trinajstić information content (AvgIpc) is 2.21. The number of benzene rings is 1. The van der Waals surface area contributed by atoms with E-state index in [0.717, 1.165) is 0 Å². The predicted octanol–water partition coefficient (Wildman–Crippen LogP) is 1.40. The Hall–Kier alpha value is -1.91. The molecule has 0 unspecified atom stereocenters. The number of carboxylic acids is 1. The summed E-state index contributed by atoms with van der Waals surface area (Å²) in [5, 5.41) is 8.97. The molecule has 1 fully saturated rings. The molecule has 1 heterocycles. The maximum absolute atomic E-state index is 13.2. The zero-order valence-corrected chi connectivity index (χ0v) is 10.0. The fraction of sp³-hybridized carbons (Fsp3) is 0.385. The minimum Gasteiger partial charge on any atom is -0.481 e. The first-order valence-electron chi connectivity index (χ1n) is 5.66. The van der Waals surface area contributed by atoms with Gasteiger partial charge >= 0.3 is 5.97 Å². The standard InChI is InChI=1S/C13H14FNO3/c1-9(16)15-7-13(8-15,6-12(17)18)10-3-2-4-11(14)5-10/h2-5H,6-8H2,1H3,(H,17,18). The van der Waals surface area contributed by atoms with Crippen molar-refractivity contribution < 1.29 is 19.1 Å². The second-order valence-corrected chi connectivity index (χ2v) is 4.74. The number of carbonyl (C=O) groups is 2. The Kier molecular flexibility index (Phi) is 3.07. The van der Waals surface area contributed by atoms with Crippen molar-refractivity contribution in [2.75, 3.05) is 13.1 Å². The highest BCUT2D eigenvalue weighted by atomic mass is 19.1. The van der Waals surface area contributed by atoms with E-state index in [4.69, 9.17) is 5.11 Å². The molecule has 1 aromatic carbocycles. The molecule has 1 amide bonds. The van der Waals surface area contributed by atoms with Crippen LogP contribution in [0.4, 0.5) is 4.39 Å². The van der Waals surface area contributed by atoms with Crippen LogP contribution in [-0.4, -0.2) is 35.0 Å². The second kappa shape index (κ2) is 4.40. The van der Waals surface area contributed by atoms with Crippen LogP contribution in [0.25, 0.3) is 0 Å². The number of halogens is 1. The van der Waals surface area contributed by atoms with Crippen molar-refractivity contribution in [1.29, 1.82) is 0 Å². The number of carbonyl (C=O) groups excluding carboxylic acids is 1. The molecule has 1 aromatic rings. The lowest BCUT2D eigenvalue weighted by Gasteiger charge is -2.49. The van der Waals surface area contributed by atoms with Crippen LogP contribution in [0.5, 0.6) is 0 Å². The number of likely N-dealkylation sites (tertiary alicyclic amines) is 1. The lowest BCUT2D eigenvalue weighted by Crippen LogP contribution is -2.61. The van der Waals surface area contributed by atoms with Crippen molar-refractivity contribution in [1.82, 2.24) is 4.90 Å². The van der Waals surface area contributed by atoms with Gasteiger partial charge in [-0.25, -0.2) is 4.39 Å². The molecule has 4 nitrogen and oxygen atoms in total. The number of hydrogen-bond acceptors (Lipinski definition) is 2. The molecule has 0 radical (unpaired) electrons. The van der Waals surface area contributed by atoms with Gasteiger partial charge in [0.2, 0.25) is 5.91 Å². The highest BCUT2D eigenvalue weighted by Gasteiger charge is 2.47. The highest BCUT2D eigenvalue weighted by molar-refractivity contribution is 5.76. The molecule has 1 N–H and O–H groups in total. The van der Waals surface area contributed by atoms with Gasteiger partial charge in [-0.3, -0.25) is 9.59 Å². The monoisotopic (exact) mass is 251 g/mol. The molecular formula is C13H14FNO3. The largest absolute Gasteiger partial charge is 0.481 e. The van der Waals surface area contributed by atoms with E-state index in [1.165, 1.54) is 19.1 Å². The van der Waals surface area contributed by atoms with E-state index in [9.17, 15) is 14.0 Å². The summed E-state index contributed by atoms with van der Waals surface area (Å²) in [6, 6.07) is 5.94. The van der Waals surface area contributed by atoms with E-state index >= 15 is 0 Å². The summed E-state index contributed by atoms with van der Waals surface area (Å²) in [6.07, 6.45) is -0.0970. The zero-order chi connectivity index (χ0) is 13.3. The number of amides is 1. The lowest BCUT2D eigenvalue weighted by molar-refractivity contribution is -0.146. The van der Waals surface area contributed by atoms with Crippen molar-refractivity contribution in [3.05, 3.63) is 35.6 Å². The van der Waals surface area contributed by atoms with Crippen LogP contribution in [0.15, 0.2) is 24.3 Å². The quantitative estimate of drug-likeness (QED) is 0.883. The number of carboxylic acid groups (broad SMARTS) is 1. The topological polar surface area (TPSA) is 57.6 Å². The van der Waals surface area contributed by atoms with Crippen LogP contribution in [0.1, 0.15) is 18.9 Å². The van der Waals surface area contributed by atoms with E-state index in [0.29, 0.717) is 18.7 Å². The van der Waals surface area contributed by atoms with Crippen LogP contribution < -0.4 is 0 Å². The van der Waals surface area contributed by atoms with Gasteiger partial charge in [-0.1, -0.05) is 12.1 Å². The first kappa shape index (κ1) is 12.5. The molecule has 0 bridgehead atoms. The molecule has 18 heavy (non-hydrogen) atoms. The SMILES string of the molecule is CC(=O)N1CC(CC(=O)O)(c2cccc(F)c2)C1. The van der Waals surface area contributed by atoms with Gasteiger partial charge in [-0.05, 0) is 17.7 Å². The van der Waals surface area contributed by atoms with Crippen molar-refractivity contribution in [2.45, 2.75) is 18.8 Å². The fourth-order valence-electron chi connectivity index (χ4n) is 2.41. The van der Waals surface area contributed by atoms with E-state index < -0.39 is 17.2 Å². The van der Waals surface area contributed by atoms with Crippen LogP contribution in [-0.2, 0) is 15.0 Å². The van der Waals surface area contributed by atoms with Gasteiger partial charge in [0.05, 0.1) is 6.42 Å². The summed E-state index contributed by atoms with van der Waals surface area (Å²) in [7, 11) is 0. The van der Waals surface area contributed by atoms with Crippen molar-refractivity contribution in [3.63, 3.8) is 0 Å². The highest BCUT2D eigenvalue weighted by Crippen LogP contribution is 2.38. The minimum atomic E-state index is -0.942. The van der Waals surface area contributed by atoms with Gasteiger partial charge in [0, 0.05) is 25.4 Å². The molecule has 1 aliphatic rings. The minimum absolute atomic E-state index is 0.0904. The van der Waals surface area contributed by atoms with Gasteiger partial charge in [-0.2, -0.15) is 0 Å². The molecule has 0 saturated carbocycles. The van der Waals surface area contributed by atoms with Crippen LogP contribution in [0.3, 0.4) is 0 Å². The molecule has 0 spiro atoms. The van der Waals surface area contributed by atoms with Crippen LogP contribution in [0, 0.1) is 5.82 Å². The molecule has 1 saturated heterocycles. The molecular weight excluding hydrogens is 237 g/mol. The summed E-state index contributed by atoms with van der Waals surface area (Å²) in [5.74, 6) is -1.42. The molecule has 2 rings (SSSR count). The normalized spacial score (nSPS) is 17.1. The van der Waals surface area contributed by atoms with Gasteiger partial charge in [-0.15, -0.1) is 0 Å². The summed E-state index contributed by atoms with van der Waals surface area (Å²) in [5.41, 5.74) is -0.0121. The molecule has 96 valence electrons. The first-order valence-corrected chi connectivity index (χ1v) is 5.66. The van der Waals surface area contributed by atoms with Gasteiger partial charge in [0.25, 0.3) is 0 Å². The summed E-state index contributed by atoms with van der Waals surface area (Å²) in [4.78, 5) is 23.7. The van der Waals surface area contributed by atoms with E-state index in [-0.39, 0.29) is 12.3 Å². The predicted molar refractivity (Wildman–Crippen MR) is 62.6 cm³/mol. The zero-order valence-electron chi connectivity index (χ0n) is 10.0. The summed E-state index contributed by atoms with van der Waals surface area (Å²) in [6.45, 7) is 2.10. The Balaban J connectivity index is 2.28. The fourth-order valence-corrected chi connectivity index (χ4v) is 2.41. The van der Waals surface area contributed by atoms with Crippen molar-refractivity contribution >= 4 is 11.9 Å². The number of hydrogen-bond donors (Lipinski definition) is 1. The molecule has 1 aliphatic heterocycles. The van der Waals surface area contributed by atoms with Crippen molar-refractivity contribution in [3.8, 4) is 0 Å². The third-order valence-corrected chi connectivity index (χ3v) is 3.36. The first-order chi connectivity index (χ1) is 8.43. The molecule has 0 atom stereocenters. The van der Waals surface area contributed by atoms with E-state index in [2.05, 4.69) is 0 Å². The van der Waals surface area contributed by atoms with Crippen LogP contribution in [0.2, 0.25) is 0 Å². The molecule has 0 aromatic heterocycles. The smallest absolute Gasteiger partial charge is 0.304 e. The second-order valence-electron chi connectivity index (χ2n) is 4.74. The van der Waals surface area contributed by atoms with Gasteiger partial charge < -0.3 is 10.0 Å². The molecule has 5 heteroatoms. The van der Waals surface area contributed by atoms with Crippen LogP contribution >= 0.6 is 0 Å². The van der Waals surface area contributed by atoms with E-state index in [1.54, 1.807) is 17.0 Å².